The molecule has 2 radical (unpaired) electrons. The van der Waals surface area contributed by atoms with Gasteiger partial charge in [-0.05, 0) is 25.0 Å². The summed E-state index contributed by atoms with van der Waals surface area (Å²) in [7, 11) is 0. The first-order valence-corrected chi connectivity index (χ1v) is 3.47. The predicted molar refractivity (Wildman–Crippen MR) is 38.3 cm³/mol. The van der Waals surface area contributed by atoms with Crippen LogP contribution in [0.15, 0.2) is 16.8 Å². The zero-order valence-electron chi connectivity index (χ0n) is 6.99. The molecule has 13 heavy (non-hydrogen) atoms. The average Bonchev–Trinajstić information content (AvgIpc) is 1.94. The highest BCUT2D eigenvalue weighted by Crippen LogP contribution is 2.31. The van der Waals surface area contributed by atoms with Gasteiger partial charge in [-0.15, -0.1) is 0 Å². The van der Waals surface area contributed by atoms with Gasteiger partial charge in [0.1, 0.15) is 0 Å². The summed E-state index contributed by atoms with van der Waals surface area (Å²) >= 11 is 0. The zero-order chi connectivity index (χ0) is 10.2. The van der Waals surface area contributed by atoms with E-state index in [1.807, 2.05) is 0 Å². The van der Waals surface area contributed by atoms with Crippen molar-refractivity contribution in [3.8, 4) is 0 Å². The van der Waals surface area contributed by atoms with Crippen LogP contribution < -0.4 is 5.32 Å². The molecule has 0 bridgehead atoms. The van der Waals surface area contributed by atoms with Crippen LogP contribution in [0.4, 0.5) is 13.2 Å². The Morgan fingerprint density at radius 2 is 1.85 bits per heavy atom. The second-order valence-corrected chi connectivity index (χ2v) is 2.64. The number of amides is 1. The smallest absolute Gasteiger partial charge is 0.267 e. The maximum absolute atomic E-state index is 12.2. The van der Waals surface area contributed by atoms with Crippen molar-refractivity contribution < 1.29 is 18.0 Å². The Balaban J connectivity index is 3.15. The number of rotatable bonds is 0. The van der Waals surface area contributed by atoms with Gasteiger partial charge >= 0.3 is 6.18 Å². The summed E-state index contributed by atoms with van der Waals surface area (Å²) in [6.07, 6.45) is -2.38. The third kappa shape index (κ3) is 1.91. The first kappa shape index (κ1) is 9.83. The van der Waals surface area contributed by atoms with Crippen LogP contribution in [-0.4, -0.2) is 12.1 Å². The quantitative estimate of drug-likeness (QED) is 0.570. The molecule has 0 aromatic carbocycles. The minimum atomic E-state index is -4.57. The standard InChI is InChI=1S/C8H6F3NO/c1-4-3-6(13)12-7(5(4)2)8(9,10)11/h1-2H3. The molecule has 1 rings (SSSR count). The van der Waals surface area contributed by atoms with Crippen LogP contribution in [0, 0.1) is 6.08 Å². The first-order valence-electron chi connectivity index (χ1n) is 3.47. The summed E-state index contributed by atoms with van der Waals surface area (Å²) in [5.74, 6) is -0.976. The molecule has 5 heteroatoms. The first-order chi connectivity index (χ1) is 5.82. The fourth-order valence-corrected chi connectivity index (χ4v) is 0.921. The fraction of sp³-hybridized carbons (Fsp3) is 0.375. The third-order valence-corrected chi connectivity index (χ3v) is 1.69. The lowest BCUT2D eigenvalue weighted by Crippen LogP contribution is -2.29. The molecular weight excluding hydrogens is 183 g/mol. The van der Waals surface area contributed by atoms with Crippen molar-refractivity contribution in [1.29, 1.82) is 0 Å². The van der Waals surface area contributed by atoms with E-state index in [0.717, 1.165) is 0 Å². The Hall–Kier alpha value is -1.26. The average molecular weight is 189 g/mol. The summed E-state index contributed by atoms with van der Waals surface area (Å²) in [5.41, 5.74) is -0.979. The van der Waals surface area contributed by atoms with Gasteiger partial charge in [0.2, 0.25) is 0 Å². The van der Waals surface area contributed by atoms with Gasteiger partial charge in [0.15, 0.2) is 5.70 Å². The number of allylic oxidation sites excluding steroid dienone is 3. The summed E-state index contributed by atoms with van der Waals surface area (Å²) in [6, 6.07) is 0. The molecule has 0 fully saturated rings. The number of carbonyl (C=O) groups excluding carboxylic acids is 1. The molecule has 0 unspecified atom stereocenters. The molecule has 1 aliphatic rings. The topological polar surface area (TPSA) is 31.2 Å². The maximum atomic E-state index is 12.2. The van der Waals surface area contributed by atoms with Gasteiger partial charge < -0.3 is 0 Å². The van der Waals surface area contributed by atoms with Crippen molar-refractivity contribution in [2.24, 2.45) is 0 Å². The minimum absolute atomic E-state index is 0.0490. The van der Waals surface area contributed by atoms with E-state index in [2.05, 4.69) is 11.4 Å². The van der Waals surface area contributed by atoms with Crippen LogP contribution in [0.1, 0.15) is 13.8 Å². The van der Waals surface area contributed by atoms with E-state index in [9.17, 15) is 18.0 Å². The van der Waals surface area contributed by atoms with Crippen molar-refractivity contribution in [3.05, 3.63) is 22.9 Å². The molecule has 0 saturated carbocycles. The van der Waals surface area contributed by atoms with Crippen molar-refractivity contribution in [2.45, 2.75) is 20.0 Å². The van der Waals surface area contributed by atoms with E-state index in [0.29, 0.717) is 0 Å². The molecule has 2 nitrogen and oxygen atoms in total. The Labute approximate surface area is 73.1 Å². The van der Waals surface area contributed by atoms with E-state index in [4.69, 9.17) is 0 Å². The monoisotopic (exact) mass is 189 g/mol. The zero-order valence-corrected chi connectivity index (χ0v) is 6.99. The molecule has 0 spiro atoms. The molecular formula is C8H6F3NO. The van der Waals surface area contributed by atoms with Crippen molar-refractivity contribution >= 4 is 5.91 Å². The van der Waals surface area contributed by atoms with Gasteiger partial charge in [-0.2, -0.15) is 13.2 Å². The fourth-order valence-electron chi connectivity index (χ4n) is 0.921. The number of hydrogen-bond donors (Lipinski definition) is 0. The number of halogens is 3. The summed E-state index contributed by atoms with van der Waals surface area (Å²) in [6.45, 7) is 2.66. The molecule has 0 N–H and O–H groups in total. The number of hydrogen-bond acceptors (Lipinski definition) is 1. The van der Waals surface area contributed by atoms with Crippen molar-refractivity contribution in [1.82, 2.24) is 5.32 Å². The Bertz CT molecular complexity index is 312. The highest BCUT2D eigenvalue weighted by Gasteiger charge is 2.39. The molecule has 1 heterocycles. The van der Waals surface area contributed by atoms with Crippen LogP contribution in [0.2, 0.25) is 0 Å². The summed E-state index contributed by atoms with van der Waals surface area (Å²) in [5, 5.41) is 2.87. The lowest BCUT2D eigenvalue weighted by atomic mass is 10.0. The molecule has 0 aromatic heterocycles. The third-order valence-electron chi connectivity index (χ3n) is 1.69. The Morgan fingerprint density at radius 1 is 1.31 bits per heavy atom. The van der Waals surface area contributed by atoms with E-state index >= 15 is 0 Å². The molecule has 0 saturated heterocycles. The molecule has 0 aromatic rings. The largest absolute Gasteiger partial charge is 0.433 e. The van der Waals surface area contributed by atoms with Gasteiger partial charge in [-0.3, -0.25) is 4.79 Å². The van der Waals surface area contributed by atoms with Gasteiger partial charge in [0, 0.05) is 0 Å². The maximum Gasteiger partial charge on any atom is 0.433 e. The Morgan fingerprint density at radius 3 is 2.31 bits per heavy atom. The lowest BCUT2D eigenvalue weighted by Gasteiger charge is -2.17. The molecule has 0 atom stereocenters. The highest BCUT2D eigenvalue weighted by molar-refractivity contribution is 5.88. The van der Waals surface area contributed by atoms with Crippen molar-refractivity contribution in [3.63, 3.8) is 0 Å². The van der Waals surface area contributed by atoms with Gasteiger partial charge in [-0.1, -0.05) is 0 Å². The van der Waals surface area contributed by atoms with E-state index in [1.165, 1.54) is 13.8 Å². The van der Waals surface area contributed by atoms with Gasteiger partial charge in [0.05, 0.1) is 6.08 Å². The molecule has 1 aliphatic heterocycles. The molecule has 1 amide bonds. The van der Waals surface area contributed by atoms with Crippen LogP contribution in [-0.2, 0) is 4.79 Å². The predicted octanol–water partition coefficient (Wildman–Crippen LogP) is 1.72. The second-order valence-electron chi connectivity index (χ2n) is 2.64. The van der Waals surface area contributed by atoms with E-state index < -0.39 is 17.8 Å². The normalized spacial score (nSPS) is 18.5. The minimum Gasteiger partial charge on any atom is -0.267 e. The number of alkyl halides is 3. The van der Waals surface area contributed by atoms with Gasteiger partial charge in [0.25, 0.3) is 5.91 Å². The van der Waals surface area contributed by atoms with Gasteiger partial charge in [-0.25, -0.2) is 5.32 Å². The van der Waals surface area contributed by atoms with Crippen LogP contribution >= 0.6 is 0 Å². The van der Waals surface area contributed by atoms with E-state index in [-0.39, 0.29) is 11.1 Å². The van der Waals surface area contributed by atoms with Crippen LogP contribution in [0.3, 0.4) is 0 Å². The second kappa shape index (κ2) is 2.90. The summed E-state index contributed by atoms with van der Waals surface area (Å²) < 4.78 is 36.6. The van der Waals surface area contributed by atoms with Crippen molar-refractivity contribution in [2.75, 3.05) is 0 Å². The summed E-state index contributed by atoms with van der Waals surface area (Å²) in [4.78, 5) is 10.6. The van der Waals surface area contributed by atoms with Crippen LogP contribution in [0.25, 0.3) is 0 Å². The Kier molecular flexibility index (Phi) is 2.19. The van der Waals surface area contributed by atoms with Crippen LogP contribution in [0.5, 0.6) is 0 Å². The number of carbonyl (C=O) groups is 1. The molecule has 70 valence electrons. The number of nitrogens with zero attached hydrogens (tertiary/aromatic N) is 1. The van der Waals surface area contributed by atoms with E-state index in [1.54, 1.807) is 0 Å². The highest BCUT2D eigenvalue weighted by atomic mass is 19.4. The molecule has 0 aliphatic carbocycles. The lowest BCUT2D eigenvalue weighted by molar-refractivity contribution is -0.124. The SMILES string of the molecule is CC1=[C]C(=O)[N]C(C(F)(F)F)=C1C.